The van der Waals surface area contributed by atoms with Gasteiger partial charge in [0, 0.05) is 47.4 Å². The summed E-state index contributed by atoms with van der Waals surface area (Å²) in [6.45, 7) is 0. The minimum absolute atomic E-state index is 1.16. The lowest BCUT2D eigenvalue weighted by atomic mass is 10.0. The highest BCUT2D eigenvalue weighted by molar-refractivity contribution is 7.27. The first-order chi connectivity index (χ1) is 24.8. The van der Waals surface area contributed by atoms with E-state index in [1.165, 1.54) is 90.0 Å². The summed E-state index contributed by atoms with van der Waals surface area (Å²) in [6.07, 6.45) is 0. The Morgan fingerprint density at radius 2 is 0.980 bits per heavy atom. The lowest BCUT2D eigenvalue weighted by Crippen LogP contribution is -2.11. The van der Waals surface area contributed by atoms with E-state index in [9.17, 15) is 0 Å². The number of para-hydroxylation sites is 2. The Balaban J connectivity index is 1.34. The summed E-state index contributed by atoms with van der Waals surface area (Å²) in [5, 5.41) is 10.2. The van der Waals surface area contributed by atoms with Crippen LogP contribution >= 0.6 is 22.7 Å². The van der Waals surface area contributed by atoms with Crippen molar-refractivity contribution in [1.29, 1.82) is 0 Å². The van der Waals surface area contributed by atoms with Gasteiger partial charge >= 0.3 is 0 Å². The van der Waals surface area contributed by atoms with E-state index < -0.39 is 0 Å². The van der Waals surface area contributed by atoms with Crippen LogP contribution in [0.3, 0.4) is 0 Å². The zero-order chi connectivity index (χ0) is 32.8. The first-order valence-electron chi connectivity index (χ1n) is 16.9. The van der Waals surface area contributed by atoms with E-state index in [1.54, 1.807) is 0 Å². The van der Waals surface area contributed by atoms with Crippen molar-refractivity contribution in [3.63, 3.8) is 0 Å². The van der Waals surface area contributed by atoms with Gasteiger partial charge in [0.2, 0.25) is 0 Å². The van der Waals surface area contributed by atoms with Crippen LogP contribution in [0, 0.1) is 0 Å². The summed E-state index contributed by atoms with van der Waals surface area (Å²) in [4.78, 5) is 2.58. The number of fused-ring (bicyclic) bond motifs is 11. The van der Waals surface area contributed by atoms with Crippen LogP contribution in [-0.2, 0) is 0 Å². The summed E-state index contributed by atoms with van der Waals surface area (Å²) in [5.74, 6) is 0. The van der Waals surface area contributed by atoms with Gasteiger partial charge in [-0.05, 0) is 65.4 Å². The molecule has 0 bridgehead atoms. The molecule has 3 heterocycles. The number of rotatable bonds is 4. The highest BCUT2D eigenvalue weighted by Gasteiger charge is 2.26. The Morgan fingerprint density at radius 3 is 1.84 bits per heavy atom. The van der Waals surface area contributed by atoms with Crippen molar-refractivity contribution in [2.24, 2.45) is 0 Å². The number of thiophene rings is 2. The van der Waals surface area contributed by atoms with Gasteiger partial charge in [0.05, 0.1) is 37.5 Å². The van der Waals surface area contributed by atoms with E-state index in [0.717, 1.165) is 5.69 Å². The van der Waals surface area contributed by atoms with E-state index >= 15 is 0 Å². The van der Waals surface area contributed by atoms with E-state index in [0.29, 0.717) is 0 Å². The van der Waals surface area contributed by atoms with Gasteiger partial charge in [0.1, 0.15) is 0 Å². The van der Waals surface area contributed by atoms with Gasteiger partial charge in [-0.2, -0.15) is 0 Å². The van der Waals surface area contributed by atoms with E-state index in [-0.39, 0.29) is 0 Å². The molecule has 0 unspecified atom stereocenters. The molecule has 0 aliphatic carbocycles. The van der Waals surface area contributed by atoms with Crippen LogP contribution in [0.25, 0.3) is 78.6 Å². The zero-order valence-corrected chi connectivity index (χ0v) is 28.5. The van der Waals surface area contributed by atoms with Gasteiger partial charge in [-0.1, -0.05) is 115 Å². The molecule has 0 atom stereocenters. The van der Waals surface area contributed by atoms with Crippen LogP contribution in [0.15, 0.2) is 170 Å². The Labute approximate surface area is 296 Å². The molecule has 2 nitrogen and oxygen atoms in total. The monoisotopic (exact) mass is 672 g/mol. The van der Waals surface area contributed by atoms with Crippen molar-refractivity contribution in [2.75, 3.05) is 4.90 Å². The van der Waals surface area contributed by atoms with Crippen LogP contribution in [-0.4, -0.2) is 4.57 Å². The van der Waals surface area contributed by atoms with Gasteiger partial charge in [-0.15, -0.1) is 22.7 Å². The molecule has 0 aliphatic rings. The molecule has 0 radical (unpaired) electrons. The summed E-state index contributed by atoms with van der Waals surface area (Å²) in [7, 11) is 0. The molecular weight excluding hydrogens is 645 g/mol. The number of nitrogens with zero attached hydrogens (tertiary/aromatic N) is 2. The fraction of sp³-hybridized carbons (Fsp3) is 0. The van der Waals surface area contributed by atoms with E-state index in [1.807, 2.05) is 22.7 Å². The average Bonchev–Trinajstić information content (AvgIpc) is 3.86. The van der Waals surface area contributed by atoms with Crippen molar-refractivity contribution >= 4 is 113 Å². The van der Waals surface area contributed by atoms with Gasteiger partial charge in [-0.25, -0.2) is 0 Å². The molecule has 0 aliphatic heterocycles. The maximum Gasteiger partial charge on any atom is 0.0647 e. The molecule has 4 heteroatoms. The van der Waals surface area contributed by atoms with Crippen LogP contribution in [0.2, 0.25) is 0 Å². The van der Waals surface area contributed by atoms with Crippen molar-refractivity contribution in [2.45, 2.75) is 0 Å². The molecule has 0 fully saturated rings. The third-order valence-corrected chi connectivity index (χ3v) is 12.5. The Kier molecular flexibility index (Phi) is 6.03. The van der Waals surface area contributed by atoms with Crippen LogP contribution in [0.4, 0.5) is 17.1 Å². The molecular formula is C46H28N2S2. The summed E-state index contributed by atoms with van der Waals surface area (Å²) >= 11 is 3.79. The second kappa shape index (κ2) is 10.8. The van der Waals surface area contributed by atoms with Crippen molar-refractivity contribution in [3.8, 4) is 5.69 Å². The van der Waals surface area contributed by atoms with E-state index in [2.05, 4.69) is 179 Å². The Hall–Kier alpha value is -5.94. The SMILES string of the molecule is c1ccc(-n2c3ccccc3c3c(N(c4cccc5c4sc4ccccc45)c4cc5ccccc5c5c4sc4ccccc45)cccc32)cc1. The number of hydrogen-bond acceptors (Lipinski definition) is 3. The summed E-state index contributed by atoms with van der Waals surface area (Å²) in [6, 6.07) is 62.3. The molecule has 234 valence electrons. The normalized spacial score (nSPS) is 12.0. The van der Waals surface area contributed by atoms with E-state index in [4.69, 9.17) is 0 Å². The van der Waals surface area contributed by atoms with Crippen LogP contribution in [0.5, 0.6) is 0 Å². The largest absolute Gasteiger partial charge is 0.309 e. The minimum atomic E-state index is 1.16. The highest BCUT2D eigenvalue weighted by Crippen LogP contribution is 2.52. The standard InChI is InChI=1S/C46H28N2S2/c1-2-15-30(16-3-1)47-36-22-9-6-19-34(36)44-37(47)23-13-24-38(44)48(39-25-12-21-33-32-18-7-10-26-41(32)49-45(33)39)40-28-29-14-4-5-17-31(29)43-35-20-8-11-27-42(35)50-46(40)43/h1-28H. The molecule has 0 spiro atoms. The second-order valence-electron chi connectivity index (χ2n) is 12.9. The molecule has 3 aromatic heterocycles. The molecule has 50 heavy (non-hydrogen) atoms. The molecule has 0 saturated heterocycles. The minimum Gasteiger partial charge on any atom is -0.309 e. The second-order valence-corrected chi connectivity index (χ2v) is 15.0. The quantitative estimate of drug-likeness (QED) is 0.181. The van der Waals surface area contributed by atoms with Crippen molar-refractivity contribution in [3.05, 3.63) is 170 Å². The highest BCUT2D eigenvalue weighted by atomic mass is 32.1. The Bertz CT molecular complexity index is 3110. The maximum atomic E-state index is 2.58. The number of benzene rings is 8. The molecule has 0 N–H and O–H groups in total. The summed E-state index contributed by atoms with van der Waals surface area (Å²) in [5.41, 5.74) is 7.12. The van der Waals surface area contributed by atoms with Gasteiger partial charge in [0.25, 0.3) is 0 Å². The number of anilines is 3. The molecule has 0 saturated carbocycles. The molecule has 11 aromatic rings. The van der Waals surface area contributed by atoms with Crippen LogP contribution < -0.4 is 4.90 Å². The topological polar surface area (TPSA) is 8.17 Å². The number of aromatic nitrogens is 1. The average molecular weight is 673 g/mol. The molecule has 0 amide bonds. The molecule has 11 rings (SSSR count). The van der Waals surface area contributed by atoms with Crippen LogP contribution in [0.1, 0.15) is 0 Å². The zero-order valence-electron chi connectivity index (χ0n) is 26.9. The third-order valence-electron chi connectivity index (χ3n) is 10.1. The first-order valence-corrected chi connectivity index (χ1v) is 18.6. The first kappa shape index (κ1) is 28.0. The Morgan fingerprint density at radius 1 is 0.380 bits per heavy atom. The smallest absolute Gasteiger partial charge is 0.0647 e. The molecule has 8 aromatic carbocycles. The van der Waals surface area contributed by atoms with Crippen molar-refractivity contribution in [1.82, 2.24) is 4.57 Å². The lowest BCUT2D eigenvalue weighted by Gasteiger charge is -2.28. The lowest BCUT2D eigenvalue weighted by molar-refractivity contribution is 1.18. The third kappa shape index (κ3) is 3.95. The fourth-order valence-corrected chi connectivity index (χ4v) is 10.5. The maximum absolute atomic E-state index is 2.58. The summed E-state index contributed by atoms with van der Waals surface area (Å²) < 4.78 is 7.62. The van der Waals surface area contributed by atoms with Crippen molar-refractivity contribution < 1.29 is 0 Å². The predicted octanol–water partition coefficient (Wildman–Crippen LogP) is 14.1. The fourth-order valence-electron chi connectivity index (χ4n) is 8.06. The van der Waals surface area contributed by atoms with Gasteiger partial charge in [0.15, 0.2) is 0 Å². The predicted molar refractivity (Wildman–Crippen MR) is 219 cm³/mol. The number of hydrogen-bond donors (Lipinski definition) is 0. The van der Waals surface area contributed by atoms with Gasteiger partial charge < -0.3 is 9.47 Å². The van der Waals surface area contributed by atoms with Gasteiger partial charge in [-0.3, -0.25) is 0 Å².